The maximum absolute atomic E-state index is 14.3. The van der Waals surface area contributed by atoms with E-state index in [0.717, 1.165) is 24.8 Å². The highest BCUT2D eigenvalue weighted by Crippen LogP contribution is 2.31. The fraction of sp³-hybridized carbons (Fsp3) is 0.294. The molecule has 0 saturated heterocycles. The molecule has 4 heteroatoms. The molecule has 110 valence electrons. The number of hydrazine groups is 1. The highest BCUT2D eigenvalue weighted by Gasteiger charge is 2.23. The lowest BCUT2D eigenvalue weighted by atomic mass is 9.94. The number of nitrogens with two attached hydrogens (primary N) is 1. The van der Waals surface area contributed by atoms with Crippen molar-refractivity contribution in [3.8, 4) is 0 Å². The van der Waals surface area contributed by atoms with E-state index in [-0.39, 0.29) is 5.56 Å². The van der Waals surface area contributed by atoms with E-state index in [4.69, 9.17) is 5.84 Å². The van der Waals surface area contributed by atoms with Crippen LogP contribution in [0.5, 0.6) is 0 Å². The number of hydrogen-bond donors (Lipinski definition) is 2. The molecule has 0 amide bonds. The molecule has 1 aliphatic carbocycles. The van der Waals surface area contributed by atoms with Crippen LogP contribution in [0, 0.1) is 18.6 Å². The first kappa shape index (κ1) is 14.2. The number of benzene rings is 2. The van der Waals surface area contributed by atoms with E-state index in [1.807, 2.05) is 18.2 Å². The fourth-order valence-corrected chi connectivity index (χ4v) is 3.06. The Morgan fingerprint density at radius 3 is 2.62 bits per heavy atom. The molecule has 2 aromatic rings. The lowest BCUT2D eigenvalue weighted by molar-refractivity contribution is 0.506. The molecule has 0 radical (unpaired) electrons. The average Bonchev–Trinajstić information content (AvgIpc) is 2.95. The molecule has 2 aromatic carbocycles. The van der Waals surface area contributed by atoms with Gasteiger partial charge in [0.2, 0.25) is 0 Å². The summed E-state index contributed by atoms with van der Waals surface area (Å²) in [5.41, 5.74) is 6.31. The van der Waals surface area contributed by atoms with Crippen LogP contribution in [-0.4, -0.2) is 0 Å². The molecule has 0 fully saturated rings. The normalized spacial score (nSPS) is 15.0. The highest BCUT2D eigenvalue weighted by molar-refractivity contribution is 5.41. The summed E-state index contributed by atoms with van der Waals surface area (Å²) in [4.78, 5) is 0. The molecule has 3 rings (SSSR count). The van der Waals surface area contributed by atoms with Gasteiger partial charge in [0.1, 0.15) is 11.6 Å². The average molecular weight is 288 g/mol. The van der Waals surface area contributed by atoms with Gasteiger partial charge in [-0.3, -0.25) is 5.84 Å². The molecule has 21 heavy (non-hydrogen) atoms. The second-order valence-electron chi connectivity index (χ2n) is 5.57. The van der Waals surface area contributed by atoms with E-state index < -0.39 is 17.7 Å². The molecule has 1 atom stereocenters. The Balaban J connectivity index is 2.09. The molecule has 0 spiro atoms. The Morgan fingerprint density at radius 2 is 1.86 bits per heavy atom. The zero-order valence-electron chi connectivity index (χ0n) is 11.9. The molecule has 0 heterocycles. The predicted octanol–water partition coefficient (Wildman–Crippen LogP) is 3.31. The molecular weight excluding hydrogens is 270 g/mol. The smallest absolute Gasteiger partial charge is 0.134 e. The minimum absolute atomic E-state index is 0.0181. The Bertz CT molecular complexity index is 683. The summed E-state index contributed by atoms with van der Waals surface area (Å²) in [6, 6.07) is 7.98. The summed E-state index contributed by atoms with van der Waals surface area (Å²) < 4.78 is 28.4. The topological polar surface area (TPSA) is 38.0 Å². The van der Waals surface area contributed by atoms with Crippen LogP contribution in [0.1, 0.15) is 40.3 Å². The predicted molar refractivity (Wildman–Crippen MR) is 78.7 cm³/mol. The standard InChI is InChI=1S/C17H18F2N2/c1-10-5-8-14(18)15(16(10)19)17(21-20)13-7-6-11-3-2-4-12(11)9-13/h5-9,17,21H,2-4,20H2,1H3. The Kier molecular flexibility index (Phi) is 3.74. The van der Waals surface area contributed by atoms with E-state index in [0.29, 0.717) is 5.56 Å². The number of nitrogens with one attached hydrogen (secondary N) is 1. The number of rotatable bonds is 3. The van der Waals surface area contributed by atoms with Gasteiger partial charge in [-0.15, -0.1) is 0 Å². The molecule has 1 aliphatic rings. The summed E-state index contributed by atoms with van der Waals surface area (Å²) in [6.45, 7) is 1.62. The van der Waals surface area contributed by atoms with E-state index in [1.165, 1.54) is 23.3 Å². The van der Waals surface area contributed by atoms with E-state index >= 15 is 0 Å². The first-order chi connectivity index (χ1) is 10.1. The van der Waals surface area contributed by atoms with Crippen LogP contribution in [0.25, 0.3) is 0 Å². The van der Waals surface area contributed by atoms with Crippen molar-refractivity contribution in [1.29, 1.82) is 0 Å². The third-order valence-corrected chi connectivity index (χ3v) is 4.23. The van der Waals surface area contributed by atoms with Crippen molar-refractivity contribution in [1.82, 2.24) is 5.43 Å². The molecule has 0 aromatic heterocycles. The Hall–Kier alpha value is -1.78. The maximum Gasteiger partial charge on any atom is 0.134 e. The van der Waals surface area contributed by atoms with Crippen LogP contribution in [-0.2, 0) is 12.8 Å². The van der Waals surface area contributed by atoms with Gasteiger partial charge in [-0.05, 0) is 54.5 Å². The zero-order chi connectivity index (χ0) is 15.0. The second-order valence-corrected chi connectivity index (χ2v) is 5.57. The van der Waals surface area contributed by atoms with Gasteiger partial charge in [-0.25, -0.2) is 14.2 Å². The van der Waals surface area contributed by atoms with Crippen molar-refractivity contribution in [2.45, 2.75) is 32.2 Å². The van der Waals surface area contributed by atoms with Crippen molar-refractivity contribution in [2.24, 2.45) is 5.84 Å². The molecule has 2 nitrogen and oxygen atoms in total. The van der Waals surface area contributed by atoms with Crippen molar-refractivity contribution in [3.63, 3.8) is 0 Å². The number of fused-ring (bicyclic) bond motifs is 1. The Morgan fingerprint density at radius 1 is 1.10 bits per heavy atom. The van der Waals surface area contributed by atoms with Crippen LogP contribution in [0.4, 0.5) is 8.78 Å². The SMILES string of the molecule is Cc1ccc(F)c(C(NN)c2ccc3c(c2)CCC3)c1F. The first-order valence-electron chi connectivity index (χ1n) is 7.14. The van der Waals surface area contributed by atoms with Gasteiger partial charge in [-0.2, -0.15) is 0 Å². The van der Waals surface area contributed by atoms with Gasteiger partial charge >= 0.3 is 0 Å². The maximum atomic E-state index is 14.3. The van der Waals surface area contributed by atoms with Crippen molar-refractivity contribution in [2.75, 3.05) is 0 Å². The number of aryl methyl sites for hydroxylation is 3. The molecule has 3 N–H and O–H groups in total. The largest absolute Gasteiger partial charge is 0.271 e. The monoisotopic (exact) mass is 288 g/mol. The third kappa shape index (κ3) is 2.45. The van der Waals surface area contributed by atoms with Gasteiger partial charge in [0, 0.05) is 5.56 Å². The van der Waals surface area contributed by atoms with E-state index in [2.05, 4.69) is 5.43 Å². The summed E-state index contributed by atoms with van der Waals surface area (Å²) in [5.74, 6) is 4.46. The van der Waals surface area contributed by atoms with Gasteiger partial charge < -0.3 is 0 Å². The van der Waals surface area contributed by atoms with E-state index in [9.17, 15) is 8.78 Å². The van der Waals surface area contributed by atoms with Crippen molar-refractivity contribution in [3.05, 3.63) is 69.8 Å². The lowest BCUT2D eigenvalue weighted by Gasteiger charge is -2.20. The molecular formula is C17H18F2N2. The summed E-state index contributed by atoms with van der Waals surface area (Å²) in [6.07, 6.45) is 3.22. The molecule has 0 bridgehead atoms. The lowest BCUT2D eigenvalue weighted by Crippen LogP contribution is -2.30. The summed E-state index contributed by atoms with van der Waals surface area (Å²) >= 11 is 0. The fourth-order valence-electron chi connectivity index (χ4n) is 3.06. The minimum atomic E-state index is -0.684. The van der Waals surface area contributed by atoms with Gasteiger partial charge in [0.15, 0.2) is 0 Å². The summed E-state index contributed by atoms with van der Waals surface area (Å²) in [7, 11) is 0. The van der Waals surface area contributed by atoms with Crippen LogP contribution in [0.2, 0.25) is 0 Å². The Labute approximate surface area is 122 Å². The molecule has 1 unspecified atom stereocenters. The molecule has 0 saturated carbocycles. The van der Waals surface area contributed by atoms with Crippen molar-refractivity contribution < 1.29 is 8.78 Å². The van der Waals surface area contributed by atoms with Gasteiger partial charge in [0.05, 0.1) is 6.04 Å². The highest BCUT2D eigenvalue weighted by atomic mass is 19.1. The minimum Gasteiger partial charge on any atom is -0.271 e. The summed E-state index contributed by atoms with van der Waals surface area (Å²) in [5, 5.41) is 0. The molecule has 0 aliphatic heterocycles. The number of halogens is 2. The van der Waals surface area contributed by atoms with Gasteiger partial charge in [0.25, 0.3) is 0 Å². The zero-order valence-corrected chi connectivity index (χ0v) is 11.9. The van der Waals surface area contributed by atoms with Crippen LogP contribution < -0.4 is 11.3 Å². The quantitative estimate of drug-likeness (QED) is 0.671. The first-order valence-corrected chi connectivity index (χ1v) is 7.14. The van der Waals surface area contributed by atoms with Crippen LogP contribution in [0.3, 0.4) is 0 Å². The third-order valence-electron chi connectivity index (χ3n) is 4.23. The second kappa shape index (κ2) is 5.54. The van der Waals surface area contributed by atoms with Crippen LogP contribution in [0.15, 0.2) is 30.3 Å². The van der Waals surface area contributed by atoms with E-state index in [1.54, 1.807) is 6.92 Å². The number of hydrogen-bond acceptors (Lipinski definition) is 2. The van der Waals surface area contributed by atoms with Crippen molar-refractivity contribution >= 4 is 0 Å². The van der Waals surface area contributed by atoms with Crippen LogP contribution >= 0.6 is 0 Å². The van der Waals surface area contributed by atoms with Gasteiger partial charge in [-0.1, -0.05) is 24.3 Å².